The van der Waals surface area contributed by atoms with E-state index in [2.05, 4.69) is 37.0 Å². The lowest BCUT2D eigenvalue weighted by Crippen LogP contribution is -2.49. The van der Waals surface area contributed by atoms with Gasteiger partial charge in [0.2, 0.25) is 0 Å². The van der Waals surface area contributed by atoms with Crippen LogP contribution in [0, 0.1) is 5.41 Å². The molecule has 1 aliphatic heterocycles. The second kappa shape index (κ2) is 8.70. The van der Waals surface area contributed by atoms with Crippen LogP contribution in [0.1, 0.15) is 43.8 Å². The van der Waals surface area contributed by atoms with Crippen molar-refractivity contribution in [1.82, 2.24) is 9.97 Å². The molecule has 0 bridgehead atoms. The Labute approximate surface area is 162 Å². The highest BCUT2D eigenvalue weighted by atomic mass is 16.5. The van der Waals surface area contributed by atoms with Gasteiger partial charge in [0, 0.05) is 29.1 Å². The third-order valence-corrected chi connectivity index (χ3v) is 5.71. The quantitative estimate of drug-likeness (QED) is 0.667. The van der Waals surface area contributed by atoms with Crippen LogP contribution in [0.25, 0.3) is 0 Å². The molecule has 1 aliphatic rings. The minimum Gasteiger partial charge on any atom is -0.493 e. The van der Waals surface area contributed by atoms with Crippen molar-refractivity contribution in [2.24, 2.45) is 5.41 Å². The van der Waals surface area contributed by atoms with Crippen LogP contribution in [0.15, 0.2) is 30.5 Å². The zero-order valence-electron chi connectivity index (χ0n) is 16.8. The summed E-state index contributed by atoms with van der Waals surface area (Å²) in [5.74, 6) is 1.42. The second-order valence-electron chi connectivity index (χ2n) is 7.46. The molecule has 0 spiro atoms. The molecule has 2 atom stereocenters. The fourth-order valence-corrected chi connectivity index (χ4v) is 3.61. The molecular weight excluding hydrogens is 340 g/mol. The standard InChI is InChI=1S/C22H30N2O3/c1-5-22(2)15-27-20(22)12-10-17-8-6-7-16(24-17)9-11-18-21(26-4)19(25-3)13-14-23-18/h6-8,13-14,20H,5,9-12,15H2,1-4H3. The molecule has 1 saturated heterocycles. The van der Waals surface area contributed by atoms with Gasteiger partial charge in [-0.15, -0.1) is 0 Å². The fourth-order valence-electron chi connectivity index (χ4n) is 3.61. The van der Waals surface area contributed by atoms with Gasteiger partial charge in [0.1, 0.15) is 0 Å². The molecule has 3 heterocycles. The third-order valence-electron chi connectivity index (χ3n) is 5.71. The molecule has 5 nitrogen and oxygen atoms in total. The highest BCUT2D eigenvalue weighted by molar-refractivity contribution is 5.42. The van der Waals surface area contributed by atoms with E-state index in [1.807, 2.05) is 6.07 Å². The van der Waals surface area contributed by atoms with Gasteiger partial charge in [-0.3, -0.25) is 9.97 Å². The van der Waals surface area contributed by atoms with Crippen LogP contribution in [0.4, 0.5) is 0 Å². The predicted molar refractivity (Wildman–Crippen MR) is 105 cm³/mol. The van der Waals surface area contributed by atoms with Crippen molar-refractivity contribution in [3.05, 3.63) is 47.5 Å². The number of pyridine rings is 2. The van der Waals surface area contributed by atoms with Crippen LogP contribution >= 0.6 is 0 Å². The normalized spacial score (nSPS) is 21.6. The second-order valence-corrected chi connectivity index (χ2v) is 7.46. The van der Waals surface area contributed by atoms with Gasteiger partial charge in [-0.1, -0.05) is 19.9 Å². The van der Waals surface area contributed by atoms with Crippen LogP contribution in [0.5, 0.6) is 11.5 Å². The van der Waals surface area contributed by atoms with Crippen LogP contribution in [0.3, 0.4) is 0 Å². The summed E-state index contributed by atoms with van der Waals surface area (Å²) in [6.45, 7) is 5.45. The predicted octanol–water partition coefficient (Wildman–Crippen LogP) is 4.03. The van der Waals surface area contributed by atoms with E-state index in [0.717, 1.165) is 49.4 Å². The highest BCUT2D eigenvalue weighted by Gasteiger charge is 2.42. The molecule has 0 saturated carbocycles. The first-order valence-corrected chi connectivity index (χ1v) is 9.72. The van der Waals surface area contributed by atoms with Crippen molar-refractivity contribution in [2.45, 2.75) is 52.1 Å². The Morgan fingerprint density at radius 1 is 1.11 bits per heavy atom. The first-order valence-electron chi connectivity index (χ1n) is 9.72. The molecule has 0 aliphatic carbocycles. The molecule has 2 aromatic rings. The number of methoxy groups -OCH3 is 2. The van der Waals surface area contributed by atoms with Crippen molar-refractivity contribution in [1.29, 1.82) is 0 Å². The maximum absolute atomic E-state index is 5.78. The first-order chi connectivity index (χ1) is 13.1. The van der Waals surface area contributed by atoms with Gasteiger partial charge in [0.05, 0.1) is 32.6 Å². The van der Waals surface area contributed by atoms with E-state index in [4.69, 9.17) is 19.2 Å². The Bertz CT molecular complexity index is 761. The van der Waals surface area contributed by atoms with E-state index in [1.165, 1.54) is 6.42 Å². The Kier molecular flexibility index (Phi) is 6.32. The topological polar surface area (TPSA) is 53.5 Å². The summed E-state index contributed by atoms with van der Waals surface area (Å²) in [5.41, 5.74) is 3.44. The molecule has 27 heavy (non-hydrogen) atoms. The fraction of sp³-hybridized carbons (Fsp3) is 0.545. The molecule has 0 amide bonds. The minimum atomic E-state index is 0.339. The summed E-state index contributed by atoms with van der Waals surface area (Å²) in [6.07, 6.45) is 6.84. The van der Waals surface area contributed by atoms with Gasteiger partial charge in [-0.05, 0) is 44.2 Å². The van der Waals surface area contributed by atoms with Gasteiger partial charge < -0.3 is 14.2 Å². The number of rotatable bonds is 9. The summed E-state index contributed by atoms with van der Waals surface area (Å²) < 4.78 is 16.6. The van der Waals surface area contributed by atoms with E-state index < -0.39 is 0 Å². The van der Waals surface area contributed by atoms with Gasteiger partial charge in [0.15, 0.2) is 11.5 Å². The summed E-state index contributed by atoms with van der Waals surface area (Å²) >= 11 is 0. The van der Waals surface area contributed by atoms with E-state index in [1.54, 1.807) is 20.4 Å². The molecule has 5 heteroatoms. The van der Waals surface area contributed by atoms with Gasteiger partial charge in [-0.2, -0.15) is 0 Å². The summed E-state index contributed by atoms with van der Waals surface area (Å²) in [4.78, 5) is 9.28. The SMILES string of the molecule is CCC1(C)COC1CCc1cccc(CCc2nccc(OC)c2OC)n1. The van der Waals surface area contributed by atoms with Crippen LogP contribution in [0.2, 0.25) is 0 Å². The molecule has 146 valence electrons. The molecular formula is C22H30N2O3. The lowest BCUT2D eigenvalue weighted by Gasteiger charge is -2.46. The van der Waals surface area contributed by atoms with Gasteiger partial charge >= 0.3 is 0 Å². The van der Waals surface area contributed by atoms with Crippen molar-refractivity contribution in [3.8, 4) is 11.5 Å². The minimum absolute atomic E-state index is 0.339. The number of hydrogen-bond acceptors (Lipinski definition) is 5. The van der Waals surface area contributed by atoms with E-state index >= 15 is 0 Å². The molecule has 3 rings (SSSR count). The Balaban J connectivity index is 1.60. The maximum atomic E-state index is 5.78. The number of ether oxygens (including phenoxy) is 3. The Morgan fingerprint density at radius 2 is 1.89 bits per heavy atom. The van der Waals surface area contributed by atoms with Gasteiger partial charge in [0.25, 0.3) is 0 Å². The number of aromatic nitrogens is 2. The number of aryl methyl sites for hydroxylation is 3. The van der Waals surface area contributed by atoms with Crippen LogP contribution in [-0.4, -0.2) is 36.9 Å². The number of hydrogen-bond donors (Lipinski definition) is 0. The lowest BCUT2D eigenvalue weighted by atomic mass is 9.76. The lowest BCUT2D eigenvalue weighted by molar-refractivity contribution is -0.181. The van der Waals surface area contributed by atoms with Crippen molar-refractivity contribution in [2.75, 3.05) is 20.8 Å². The zero-order valence-corrected chi connectivity index (χ0v) is 16.8. The first kappa shape index (κ1) is 19.6. The molecule has 0 radical (unpaired) electrons. The van der Waals surface area contributed by atoms with E-state index in [-0.39, 0.29) is 0 Å². The maximum Gasteiger partial charge on any atom is 0.182 e. The van der Waals surface area contributed by atoms with Gasteiger partial charge in [-0.25, -0.2) is 0 Å². The Hall–Kier alpha value is -2.14. The summed E-state index contributed by atoms with van der Waals surface area (Å²) in [5, 5.41) is 0. The molecule has 0 aromatic carbocycles. The average molecular weight is 370 g/mol. The van der Waals surface area contributed by atoms with E-state index in [0.29, 0.717) is 23.0 Å². The van der Waals surface area contributed by atoms with E-state index in [9.17, 15) is 0 Å². The smallest absolute Gasteiger partial charge is 0.182 e. The zero-order chi connectivity index (χ0) is 19.3. The molecule has 1 fully saturated rings. The van der Waals surface area contributed by atoms with Crippen molar-refractivity contribution >= 4 is 0 Å². The summed E-state index contributed by atoms with van der Waals surface area (Å²) in [7, 11) is 3.29. The molecule has 2 unspecified atom stereocenters. The highest BCUT2D eigenvalue weighted by Crippen LogP contribution is 2.39. The Morgan fingerprint density at radius 3 is 2.52 bits per heavy atom. The largest absolute Gasteiger partial charge is 0.493 e. The van der Waals surface area contributed by atoms with Crippen LogP contribution < -0.4 is 9.47 Å². The third kappa shape index (κ3) is 4.41. The van der Waals surface area contributed by atoms with Crippen molar-refractivity contribution < 1.29 is 14.2 Å². The monoisotopic (exact) mass is 370 g/mol. The number of nitrogens with zero attached hydrogens (tertiary/aromatic N) is 2. The average Bonchev–Trinajstić information content (AvgIpc) is 2.70. The molecule has 2 aromatic heterocycles. The molecule has 0 N–H and O–H groups in total. The van der Waals surface area contributed by atoms with Crippen molar-refractivity contribution in [3.63, 3.8) is 0 Å². The van der Waals surface area contributed by atoms with Crippen LogP contribution in [-0.2, 0) is 24.0 Å². The summed E-state index contributed by atoms with van der Waals surface area (Å²) in [6, 6.07) is 8.09.